The first-order valence-corrected chi connectivity index (χ1v) is 5.83. The monoisotopic (exact) mass is 251 g/mol. The van der Waals surface area contributed by atoms with Crippen LogP contribution in [0.2, 0.25) is 0 Å². The Hall–Kier alpha value is -1.55. The lowest BCUT2D eigenvalue weighted by Crippen LogP contribution is -2.37. The molecule has 0 unspecified atom stereocenters. The molecule has 0 aliphatic heterocycles. The molecule has 0 aromatic heterocycles. The zero-order valence-corrected chi connectivity index (χ0v) is 11.6. The van der Waals surface area contributed by atoms with E-state index in [2.05, 4.69) is 0 Å². The van der Waals surface area contributed by atoms with Gasteiger partial charge in [-0.1, -0.05) is 12.1 Å². The van der Waals surface area contributed by atoms with Crippen molar-refractivity contribution in [3.63, 3.8) is 0 Å². The van der Waals surface area contributed by atoms with E-state index in [4.69, 9.17) is 15.2 Å². The van der Waals surface area contributed by atoms with E-state index >= 15 is 0 Å². The van der Waals surface area contributed by atoms with E-state index in [9.17, 15) is 4.79 Å². The molecule has 1 rings (SSSR count). The summed E-state index contributed by atoms with van der Waals surface area (Å²) in [6, 6.07) is 5.25. The third-order valence-corrected chi connectivity index (χ3v) is 3.27. The molecule has 0 saturated heterocycles. The van der Waals surface area contributed by atoms with Gasteiger partial charge in [0.2, 0.25) is 0 Å². The first-order valence-electron chi connectivity index (χ1n) is 5.83. The van der Waals surface area contributed by atoms with Crippen LogP contribution < -0.4 is 10.5 Å². The summed E-state index contributed by atoms with van der Waals surface area (Å²) in [4.78, 5) is 11.7. The number of rotatable bonds is 4. The Kier molecular flexibility index (Phi) is 4.35. The second kappa shape index (κ2) is 5.40. The molecule has 0 saturated carbocycles. The summed E-state index contributed by atoms with van der Waals surface area (Å²) in [5, 5.41) is 0. The number of benzene rings is 1. The minimum atomic E-state index is -0.768. The van der Waals surface area contributed by atoms with Crippen molar-refractivity contribution >= 4 is 5.97 Å². The molecular weight excluding hydrogens is 230 g/mol. The van der Waals surface area contributed by atoms with E-state index in [0.29, 0.717) is 0 Å². The lowest BCUT2D eigenvalue weighted by molar-refractivity contribution is -0.152. The van der Waals surface area contributed by atoms with Crippen molar-refractivity contribution in [3.8, 4) is 5.75 Å². The van der Waals surface area contributed by atoms with Crippen molar-refractivity contribution in [2.45, 2.75) is 26.8 Å². The summed E-state index contributed by atoms with van der Waals surface area (Å²) >= 11 is 0. The van der Waals surface area contributed by atoms with Crippen molar-refractivity contribution in [1.82, 2.24) is 0 Å². The summed E-state index contributed by atoms with van der Waals surface area (Å²) in [5.41, 5.74) is 7.28. The first-order chi connectivity index (χ1) is 8.34. The van der Waals surface area contributed by atoms with Gasteiger partial charge in [0.05, 0.1) is 19.6 Å². The highest BCUT2D eigenvalue weighted by Crippen LogP contribution is 2.34. The molecule has 0 aliphatic carbocycles. The van der Waals surface area contributed by atoms with Crippen LogP contribution in [-0.4, -0.2) is 20.2 Å². The molecular formula is C14H21NO3. The number of hydrogen-bond acceptors (Lipinski definition) is 4. The molecule has 18 heavy (non-hydrogen) atoms. The van der Waals surface area contributed by atoms with Gasteiger partial charge in [-0.25, -0.2) is 0 Å². The summed E-state index contributed by atoms with van der Waals surface area (Å²) in [6.45, 7) is 5.51. The first kappa shape index (κ1) is 14.5. The normalized spacial score (nSPS) is 13.0. The molecule has 2 N–H and O–H groups in total. The van der Waals surface area contributed by atoms with Crippen molar-refractivity contribution in [3.05, 3.63) is 29.3 Å². The number of ether oxygens (including phenoxy) is 2. The van der Waals surface area contributed by atoms with Crippen molar-refractivity contribution in [2.75, 3.05) is 14.2 Å². The fourth-order valence-corrected chi connectivity index (χ4v) is 1.90. The minimum Gasteiger partial charge on any atom is -0.496 e. The molecule has 0 amide bonds. The number of hydrogen-bond donors (Lipinski definition) is 1. The largest absolute Gasteiger partial charge is 0.496 e. The number of aryl methyl sites for hydroxylation is 1. The average molecular weight is 251 g/mol. The van der Waals surface area contributed by atoms with Gasteiger partial charge in [-0.2, -0.15) is 0 Å². The van der Waals surface area contributed by atoms with Crippen LogP contribution in [0.4, 0.5) is 0 Å². The predicted octanol–water partition coefficient (Wildman–Crippen LogP) is 2.20. The van der Waals surface area contributed by atoms with E-state index in [1.165, 1.54) is 7.11 Å². The van der Waals surface area contributed by atoms with Gasteiger partial charge in [-0.15, -0.1) is 0 Å². The molecule has 0 aliphatic rings. The molecule has 0 fully saturated rings. The Morgan fingerprint density at radius 1 is 1.33 bits per heavy atom. The second-order valence-corrected chi connectivity index (χ2v) is 4.92. The van der Waals surface area contributed by atoms with Gasteiger partial charge in [0.15, 0.2) is 0 Å². The lowest BCUT2D eigenvalue weighted by atomic mass is 9.80. The van der Waals surface area contributed by atoms with Crippen LogP contribution in [0.25, 0.3) is 0 Å². The third-order valence-electron chi connectivity index (χ3n) is 3.27. The van der Waals surface area contributed by atoms with Crippen LogP contribution in [0, 0.1) is 12.3 Å². The number of carbonyl (C=O) groups is 1. The van der Waals surface area contributed by atoms with Crippen LogP contribution in [0.3, 0.4) is 0 Å². The van der Waals surface area contributed by atoms with Crippen molar-refractivity contribution < 1.29 is 14.3 Å². The van der Waals surface area contributed by atoms with Crippen LogP contribution in [-0.2, 0) is 9.53 Å². The highest BCUT2D eigenvalue weighted by atomic mass is 16.5. The third kappa shape index (κ3) is 2.64. The SMILES string of the molecule is COC(=O)C(C)(C)[C@H](N)c1ccc(OC)c(C)c1. The van der Waals surface area contributed by atoms with Gasteiger partial charge in [0.1, 0.15) is 5.75 Å². The Morgan fingerprint density at radius 3 is 2.39 bits per heavy atom. The molecule has 1 aromatic carbocycles. The van der Waals surface area contributed by atoms with Crippen LogP contribution in [0.5, 0.6) is 5.75 Å². The van der Waals surface area contributed by atoms with E-state index in [1.807, 2.05) is 25.1 Å². The zero-order chi connectivity index (χ0) is 13.9. The number of methoxy groups -OCH3 is 2. The Labute approximate surface area is 108 Å². The topological polar surface area (TPSA) is 61.5 Å². The minimum absolute atomic E-state index is 0.316. The number of esters is 1. The lowest BCUT2D eigenvalue weighted by Gasteiger charge is -2.29. The predicted molar refractivity (Wildman–Crippen MR) is 70.5 cm³/mol. The van der Waals surface area contributed by atoms with Gasteiger partial charge < -0.3 is 15.2 Å². The van der Waals surface area contributed by atoms with E-state index < -0.39 is 11.5 Å². The van der Waals surface area contributed by atoms with Crippen LogP contribution in [0.15, 0.2) is 18.2 Å². The molecule has 0 bridgehead atoms. The van der Waals surface area contributed by atoms with Gasteiger partial charge in [0, 0.05) is 6.04 Å². The molecule has 0 radical (unpaired) electrons. The van der Waals surface area contributed by atoms with Crippen LogP contribution in [0.1, 0.15) is 31.0 Å². The molecule has 0 spiro atoms. The van der Waals surface area contributed by atoms with Crippen molar-refractivity contribution in [1.29, 1.82) is 0 Å². The maximum Gasteiger partial charge on any atom is 0.313 e. The van der Waals surface area contributed by atoms with Gasteiger partial charge in [-0.05, 0) is 38.0 Å². The summed E-state index contributed by atoms with van der Waals surface area (Å²) < 4.78 is 9.99. The smallest absolute Gasteiger partial charge is 0.313 e. The maximum atomic E-state index is 11.7. The molecule has 1 aromatic rings. The van der Waals surface area contributed by atoms with Gasteiger partial charge in [-0.3, -0.25) is 4.79 Å². The molecule has 100 valence electrons. The molecule has 4 nitrogen and oxygen atoms in total. The number of nitrogens with two attached hydrogens (primary N) is 1. The van der Waals surface area contributed by atoms with E-state index in [-0.39, 0.29) is 5.97 Å². The summed E-state index contributed by atoms with van der Waals surface area (Å²) in [7, 11) is 3.00. The highest BCUT2D eigenvalue weighted by Gasteiger charge is 2.36. The van der Waals surface area contributed by atoms with E-state index in [0.717, 1.165) is 16.9 Å². The van der Waals surface area contributed by atoms with E-state index in [1.54, 1.807) is 21.0 Å². The Morgan fingerprint density at radius 2 is 1.94 bits per heavy atom. The molecule has 4 heteroatoms. The molecule has 0 heterocycles. The van der Waals surface area contributed by atoms with Gasteiger partial charge in [0.25, 0.3) is 0 Å². The maximum absolute atomic E-state index is 11.7. The summed E-state index contributed by atoms with van der Waals surface area (Å²) in [5.74, 6) is 0.491. The fraction of sp³-hybridized carbons (Fsp3) is 0.500. The van der Waals surface area contributed by atoms with Crippen LogP contribution >= 0.6 is 0 Å². The average Bonchev–Trinajstić information content (AvgIpc) is 2.36. The quantitative estimate of drug-likeness (QED) is 0.833. The number of carbonyl (C=O) groups excluding carboxylic acids is 1. The van der Waals surface area contributed by atoms with Gasteiger partial charge >= 0.3 is 5.97 Å². The molecule has 1 atom stereocenters. The highest BCUT2D eigenvalue weighted by molar-refractivity contribution is 5.77. The fourth-order valence-electron chi connectivity index (χ4n) is 1.90. The Balaban J connectivity index is 3.07. The Bertz CT molecular complexity index is 441. The zero-order valence-electron chi connectivity index (χ0n) is 11.6. The summed E-state index contributed by atoms with van der Waals surface area (Å²) in [6.07, 6.45) is 0. The standard InChI is InChI=1S/C14H21NO3/c1-9-8-10(6-7-11(9)17-4)12(15)14(2,3)13(16)18-5/h6-8,12H,15H2,1-5H3/t12-/m1/s1. The second-order valence-electron chi connectivity index (χ2n) is 4.92. The van der Waals surface area contributed by atoms with Crippen molar-refractivity contribution in [2.24, 2.45) is 11.1 Å².